The fourth-order valence-electron chi connectivity index (χ4n) is 2.94. The van der Waals surface area contributed by atoms with Gasteiger partial charge in [0, 0.05) is 17.8 Å². The van der Waals surface area contributed by atoms with E-state index in [4.69, 9.17) is 5.14 Å². The van der Waals surface area contributed by atoms with E-state index >= 15 is 0 Å². The predicted molar refractivity (Wildman–Crippen MR) is 106 cm³/mol. The Labute approximate surface area is 164 Å². The molecule has 146 valence electrons. The molecule has 8 heteroatoms. The lowest BCUT2D eigenvalue weighted by molar-refractivity contribution is 0.0950. The maximum absolute atomic E-state index is 12.5. The highest BCUT2D eigenvalue weighted by molar-refractivity contribution is 7.89. The summed E-state index contributed by atoms with van der Waals surface area (Å²) in [6, 6.07) is 15.5. The van der Waals surface area contributed by atoms with Gasteiger partial charge in [0.1, 0.15) is 0 Å². The molecule has 0 unspecified atom stereocenters. The summed E-state index contributed by atoms with van der Waals surface area (Å²) in [5.74, 6) is -0.240. The van der Waals surface area contributed by atoms with Crippen molar-refractivity contribution < 1.29 is 13.2 Å². The Balaban J connectivity index is 1.69. The lowest BCUT2D eigenvalue weighted by Crippen LogP contribution is -2.23. The van der Waals surface area contributed by atoms with Crippen LogP contribution >= 0.6 is 0 Å². The molecule has 3 aromatic rings. The third-order valence-electron chi connectivity index (χ3n) is 4.30. The van der Waals surface area contributed by atoms with Gasteiger partial charge in [0.25, 0.3) is 5.91 Å². The van der Waals surface area contributed by atoms with Crippen LogP contribution in [0.5, 0.6) is 0 Å². The van der Waals surface area contributed by atoms with E-state index in [9.17, 15) is 13.2 Å². The molecule has 2 aromatic carbocycles. The first kappa shape index (κ1) is 19.8. The Morgan fingerprint density at radius 3 is 2.46 bits per heavy atom. The molecule has 0 aliphatic rings. The number of aryl methyl sites for hydroxylation is 2. The maximum Gasteiger partial charge on any atom is 0.251 e. The summed E-state index contributed by atoms with van der Waals surface area (Å²) in [6.07, 6.45) is 0. The van der Waals surface area contributed by atoms with Crippen molar-refractivity contribution in [2.75, 3.05) is 0 Å². The van der Waals surface area contributed by atoms with Gasteiger partial charge in [-0.15, -0.1) is 0 Å². The van der Waals surface area contributed by atoms with Gasteiger partial charge in [-0.2, -0.15) is 5.10 Å². The lowest BCUT2D eigenvalue weighted by atomic mass is 10.1. The minimum Gasteiger partial charge on any atom is -0.348 e. The topological polar surface area (TPSA) is 107 Å². The fourth-order valence-corrected chi connectivity index (χ4v) is 3.52. The largest absolute Gasteiger partial charge is 0.348 e. The van der Waals surface area contributed by atoms with Gasteiger partial charge in [-0.25, -0.2) is 13.6 Å². The molecule has 1 amide bonds. The molecule has 0 atom stereocenters. The van der Waals surface area contributed by atoms with Crippen molar-refractivity contribution in [1.82, 2.24) is 15.1 Å². The van der Waals surface area contributed by atoms with Crippen LogP contribution in [0.2, 0.25) is 0 Å². The van der Waals surface area contributed by atoms with Crippen LogP contribution in [0.4, 0.5) is 0 Å². The van der Waals surface area contributed by atoms with Crippen LogP contribution in [0, 0.1) is 13.8 Å². The average Bonchev–Trinajstić information content (AvgIpc) is 2.96. The number of nitrogens with two attached hydrogens (primary N) is 1. The zero-order valence-corrected chi connectivity index (χ0v) is 16.5. The summed E-state index contributed by atoms with van der Waals surface area (Å²) in [5, 5.41) is 12.4. The predicted octanol–water partition coefficient (Wildman–Crippen LogP) is 2.13. The van der Waals surface area contributed by atoms with Crippen molar-refractivity contribution in [3.05, 3.63) is 82.7 Å². The summed E-state index contributed by atoms with van der Waals surface area (Å²) in [6.45, 7) is 4.71. The van der Waals surface area contributed by atoms with Crippen molar-refractivity contribution in [2.24, 2.45) is 5.14 Å². The number of primary sulfonamides is 1. The fraction of sp³-hybridized carbons (Fsp3) is 0.200. The number of nitrogens with one attached hydrogen (secondary N) is 1. The van der Waals surface area contributed by atoms with Crippen molar-refractivity contribution >= 4 is 15.9 Å². The van der Waals surface area contributed by atoms with Crippen molar-refractivity contribution in [3.8, 4) is 0 Å². The van der Waals surface area contributed by atoms with Crippen LogP contribution in [0.15, 0.2) is 59.5 Å². The number of carbonyl (C=O) groups excluding carboxylic acids is 1. The minimum absolute atomic E-state index is 0.0196. The van der Waals surface area contributed by atoms with Crippen LogP contribution < -0.4 is 10.5 Å². The molecule has 0 radical (unpaired) electrons. The van der Waals surface area contributed by atoms with E-state index in [0.717, 1.165) is 17.0 Å². The first-order chi connectivity index (χ1) is 13.2. The van der Waals surface area contributed by atoms with Crippen LogP contribution in [0.25, 0.3) is 0 Å². The second-order valence-corrected chi connectivity index (χ2v) is 8.22. The number of aromatic nitrogens is 2. The first-order valence-electron chi connectivity index (χ1n) is 8.72. The molecule has 0 saturated carbocycles. The maximum atomic E-state index is 12.5. The summed E-state index contributed by atoms with van der Waals surface area (Å²) in [5.41, 5.74) is 4.16. The highest BCUT2D eigenvalue weighted by Crippen LogP contribution is 2.12. The number of benzene rings is 2. The SMILES string of the molecule is Cc1cc(C)n(Cc2cccc(C(=O)NCc3cccc(S(N)(=O)=O)c3)c2)n1. The smallest absolute Gasteiger partial charge is 0.251 e. The Morgan fingerprint density at radius 1 is 1.07 bits per heavy atom. The summed E-state index contributed by atoms with van der Waals surface area (Å²) >= 11 is 0. The molecule has 0 saturated heterocycles. The number of sulfonamides is 1. The van der Waals surface area contributed by atoms with Crippen LogP contribution in [0.1, 0.15) is 32.9 Å². The van der Waals surface area contributed by atoms with E-state index < -0.39 is 10.0 Å². The van der Waals surface area contributed by atoms with E-state index in [1.165, 1.54) is 12.1 Å². The zero-order valence-electron chi connectivity index (χ0n) is 15.7. The number of amides is 1. The third-order valence-corrected chi connectivity index (χ3v) is 5.22. The van der Waals surface area contributed by atoms with Gasteiger partial charge in [0.05, 0.1) is 17.1 Å². The summed E-state index contributed by atoms with van der Waals surface area (Å²) < 4.78 is 24.8. The Morgan fingerprint density at radius 2 is 1.79 bits per heavy atom. The van der Waals surface area contributed by atoms with E-state index in [-0.39, 0.29) is 17.3 Å². The molecule has 0 spiro atoms. The standard InChI is InChI=1S/C20H22N4O3S/c1-14-9-15(2)24(23-14)13-17-6-3-7-18(10-17)20(25)22-12-16-5-4-8-19(11-16)28(21,26)27/h3-11H,12-13H2,1-2H3,(H,22,25)(H2,21,26,27). The molecule has 7 nitrogen and oxygen atoms in total. The first-order valence-corrected chi connectivity index (χ1v) is 10.3. The van der Waals surface area contributed by atoms with Gasteiger partial charge in [-0.3, -0.25) is 9.48 Å². The molecule has 0 aliphatic heterocycles. The van der Waals surface area contributed by atoms with E-state index in [0.29, 0.717) is 17.7 Å². The van der Waals surface area contributed by atoms with Crippen molar-refractivity contribution in [2.45, 2.75) is 31.8 Å². The quantitative estimate of drug-likeness (QED) is 0.663. The average molecular weight is 398 g/mol. The monoisotopic (exact) mass is 398 g/mol. The summed E-state index contributed by atoms with van der Waals surface area (Å²) in [7, 11) is -3.77. The van der Waals surface area contributed by atoms with E-state index in [2.05, 4.69) is 10.4 Å². The van der Waals surface area contributed by atoms with Crippen LogP contribution in [0.3, 0.4) is 0 Å². The van der Waals surface area contributed by atoms with E-state index in [1.807, 2.05) is 42.8 Å². The van der Waals surface area contributed by atoms with Gasteiger partial charge >= 0.3 is 0 Å². The number of hydrogen-bond acceptors (Lipinski definition) is 4. The molecule has 3 N–H and O–H groups in total. The van der Waals surface area contributed by atoms with Gasteiger partial charge in [-0.05, 0) is 55.3 Å². The van der Waals surface area contributed by atoms with E-state index in [1.54, 1.807) is 18.2 Å². The van der Waals surface area contributed by atoms with Gasteiger partial charge in [0.15, 0.2) is 0 Å². The molecule has 0 fully saturated rings. The second-order valence-electron chi connectivity index (χ2n) is 6.66. The van der Waals surface area contributed by atoms with Gasteiger partial charge < -0.3 is 5.32 Å². The molecule has 28 heavy (non-hydrogen) atoms. The highest BCUT2D eigenvalue weighted by atomic mass is 32.2. The van der Waals surface area contributed by atoms with Crippen molar-refractivity contribution in [1.29, 1.82) is 0 Å². The second kappa shape index (κ2) is 7.95. The summed E-state index contributed by atoms with van der Waals surface area (Å²) in [4.78, 5) is 12.5. The number of hydrogen-bond donors (Lipinski definition) is 2. The van der Waals surface area contributed by atoms with Crippen molar-refractivity contribution in [3.63, 3.8) is 0 Å². The minimum atomic E-state index is -3.77. The number of carbonyl (C=O) groups is 1. The highest BCUT2D eigenvalue weighted by Gasteiger charge is 2.10. The molecule has 0 bridgehead atoms. The third kappa shape index (κ3) is 4.85. The Bertz CT molecular complexity index is 1120. The van der Waals surface area contributed by atoms with Gasteiger partial charge in [0.2, 0.25) is 10.0 Å². The van der Waals surface area contributed by atoms with Gasteiger partial charge in [-0.1, -0.05) is 24.3 Å². The molecule has 3 rings (SSSR count). The normalized spacial score (nSPS) is 11.4. The number of nitrogens with zero attached hydrogens (tertiary/aromatic N) is 2. The molecule has 1 aromatic heterocycles. The molecule has 0 aliphatic carbocycles. The van der Waals surface area contributed by atoms with Crippen LogP contribution in [-0.2, 0) is 23.1 Å². The van der Waals surface area contributed by atoms with Crippen LogP contribution in [-0.4, -0.2) is 24.1 Å². The number of rotatable bonds is 6. The molecule has 1 heterocycles. The zero-order chi connectivity index (χ0) is 20.3. The Hall–Kier alpha value is -2.97. The lowest BCUT2D eigenvalue weighted by Gasteiger charge is -2.09. The molecular weight excluding hydrogens is 376 g/mol. The Kier molecular flexibility index (Phi) is 5.62. The molecular formula is C20H22N4O3S.